The van der Waals surface area contributed by atoms with Crippen molar-refractivity contribution in [1.82, 2.24) is 20.5 Å². The van der Waals surface area contributed by atoms with Crippen LogP contribution in [0.4, 0.5) is 5.82 Å². The van der Waals surface area contributed by atoms with Gasteiger partial charge in [0, 0.05) is 18.9 Å². The molecule has 1 amide bonds. The molecule has 3 rings (SSSR count). The first-order valence-electron chi connectivity index (χ1n) is 7.08. The van der Waals surface area contributed by atoms with Gasteiger partial charge in [-0.15, -0.1) is 10.2 Å². The number of carbonyl (C=O) groups excluding carboxylic acids is 1. The van der Waals surface area contributed by atoms with Gasteiger partial charge in [0.25, 0.3) is 5.91 Å². The predicted octanol–water partition coefficient (Wildman–Crippen LogP) is 2.01. The van der Waals surface area contributed by atoms with Gasteiger partial charge in [0.05, 0.1) is 12.8 Å². The van der Waals surface area contributed by atoms with Crippen molar-refractivity contribution >= 4 is 11.7 Å². The number of nitrogens with one attached hydrogen (secondary N) is 2. The molecule has 23 heavy (non-hydrogen) atoms. The van der Waals surface area contributed by atoms with Crippen molar-refractivity contribution in [2.45, 2.75) is 13.1 Å². The molecule has 0 radical (unpaired) electrons. The molecule has 7 nitrogen and oxygen atoms in total. The summed E-state index contributed by atoms with van der Waals surface area (Å²) in [4.78, 5) is 16.0. The van der Waals surface area contributed by atoms with Gasteiger partial charge >= 0.3 is 0 Å². The molecule has 7 heteroatoms. The number of nitrogens with zero attached hydrogens (tertiary/aromatic N) is 3. The van der Waals surface area contributed by atoms with E-state index >= 15 is 0 Å². The van der Waals surface area contributed by atoms with Gasteiger partial charge in [0.1, 0.15) is 11.6 Å². The number of aromatic nitrogens is 3. The van der Waals surface area contributed by atoms with Crippen LogP contribution in [0.15, 0.2) is 59.5 Å². The summed E-state index contributed by atoms with van der Waals surface area (Å²) in [5.74, 6) is 0.977. The highest BCUT2D eigenvalue weighted by molar-refractivity contribution is 5.92. The monoisotopic (exact) mass is 309 g/mol. The van der Waals surface area contributed by atoms with Crippen LogP contribution in [0.3, 0.4) is 0 Å². The van der Waals surface area contributed by atoms with E-state index in [1.54, 1.807) is 42.9 Å². The highest BCUT2D eigenvalue weighted by Crippen LogP contribution is 2.06. The van der Waals surface area contributed by atoms with Gasteiger partial charge in [-0.3, -0.25) is 9.78 Å². The Labute approximate surface area is 132 Å². The molecule has 0 bridgehead atoms. The molecule has 116 valence electrons. The highest BCUT2D eigenvalue weighted by Gasteiger charge is 2.08. The van der Waals surface area contributed by atoms with E-state index in [4.69, 9.17) is 4.42 Å². The van der Waals surface area contributed by atoms with Crippen LogP contribution in [0.2, 0.25) is 0 Å². The van der Waals surface area contributed by atoms with Crippen molar-refractivity contribution in [2.75, 3.05) is 5.32 Å². The largest absolute Gasteiger partial charge is 0.467 e. The first kappa shape index (κ1) is 14.7. The van der Waals surface area contributed by atoms with E-state index in [2.05, 4.69) is 25.8 Å². The quantitative estimate of drug-likeness (QED) is 0.723. The molecule has 0 spiro atoms. The van der Waals surface area contributed by atoms with E-state index in [-0.39, 0.29) is 11.6 Å². The second-order valence-corrected chi connectivity index (χ2v) is 4.78. The Bertz CT molecular complexity index is 742. The van der Waals surface area contributed by atoms with E-state index in [1.807, 2.05) is 12.1 Å². The van der Waals surface area contributed by atoms with Crippen LogP contribution in [-0.2, 0) is 13.1 Å². The SMILES string of the molecule is O=C(NCc1ccco1)c1ccc(NCc2cccnc2)nn1. The van der Waals surface area contributed by atoms with E-state index in [1.165, 1.54) is 0 Å². The fraction of sp³-hybridized carbons (Fsp3) is 0.125. The minimum atomic E-state index is -0.298. The molecule has 0 aliphatic rings. The van der Waals surface area contributed by atoms with Crippen molar-refractivity contribution in [3.63, 3.8) is 0 Å². The molecule has 0 saturated carbocycles. The van der Waals surface area contributed by atoms with E-state index in [0.717, 1.165) is 5.56 Å². The fourth-order valence-corrected chi connectivity index (χ4v) is 1.91. The normalized spacial score (nSPS) is 10.3. The summed E-state index contributed by atoms with van der Waals surface area (Å²) in [6.07, 6.45) is 5.06. The average molecular weight is 309 g/mol. The summed E-state index contributed by atoms with van der Waals surface area (Å²) in [5, 5.41) is 13.8. The van der Waals surface area contributed by atoms with Crippen LogP contribution < -0.4 is 10.6 Å². The number of anilines is 1. The molecule has 0 atom stereocenters. The summed E-state index contributed by atoms with van der Waals surface area (Å²) < 4.78 is 5.15. The Hall–Kier alpha value is -3.22. The number of hydrogen-bond acceptors (Lipinski definition) is 6. The molecule has 0 aromatic carbocycles. The van der Waals surface area contributed by atoms with E-state index in [9.17, 15) is 4.79 Å². The number of pyridine rings is 1. The zero-order chi connectivity index (χ0) is 15.9. The molecule has 3 heterocycles. The third-order valence-electron chi connectivity index (χ3n) is 3.10. The number of furan rings is 1. The van der Waals surface area contributed by atoms with E-state index in [0.29, 0.717) is 24.7 Å². The van der Waals surface area contributed by atoms with Gasteiger partial charge in [0.2, 0.25) is 0 Å². The molecule has 0 unspecified atom stereocenters. The lowest BCUT2D eigenvalue weighted by Gasteiger charge is -2.06. The van der Waals surface area contributed by atoms with Crippen LogP contribution in [-0.4, -0.2) is 21.1 Å². The molecule has 3 aromatic heterocycles. The molecular weight excluding hydrogens is 294 g/mol. The molecule has 2 N–H and O–H groups in total. The number of carbonyl (C=O) groups is 1. The van der Waals surface area contributed by atoms with Gasteiger partial charge < -0.3 is 15.1 Å². The Kier molecular flexibility index (Phi) is 4.58. The van der Waals surface area contributed by atoms with Crippen molar-refractivity contribution in [3.05, 3.63) is 72.1 Å². The predicted molar refractivity (Wildman–Crippen MR) is 83.5 cm³/mol. The van der Waals surface area contributed by atoms with Crippen molar-refractivity contribution in [2.24, 2.45) is 0 Å². The molecule has 0 fully saturated rings. The molecule has 0 aliphatic carbocycles. The average Bonchev–Trinajstić information content (AvgIpc) is 3.13. The summed E-state index contributed by atoms with van der Waals surface area (Å²) in [5.41, 5.74) is 1.29. The third-order valence-corrected chi connectivity index (χ3v) is 3.10. The van der Waals surface area contributed by atoms with Gasteiger partial charge in [-0.25, -0.2) is 0 Å². The number of amides is 1. The number of rotatable bonds is 6. The Morgan fingerprint density at radius 1 is 1.09 bits per heavy atom. The lowest BCUT2D eigenvalue weighted by molar-refractivity contribution is 0.0942. The van der Waals surface area contributed by atoms with Gasteiger partial charge in [0.15, 0.2) is 5.69 Å². The van der Waals surface area contributed by atoms with Crippen LogP contribution in [0.5, 0.6) is 0 Å². The standard InChI is InChI=1S/C16H15N5O2/c22-16(19-11-13-4-2-8-23-13)14-5-6-15(21-20-14)18-10-12-3-1-7-17-9-12/h1-9H,10-11H2,(H,18,21)(H,19,22). The topological polar surface area (TPSA) is 92.9 Å². The van der Waals surface area contributed by atoms with Gasteiger partial charge in [-0.1, -0.05) is 6.07 Å². The zero-order valence-corrected chi connectivity index (χ0v) is 12.3. The maximum atomic E-state index is 11.9. The lowest BCUT2D eigenvalue weighted by Crippen LogP contribution is -2.24. The summed E-state index contributed by atoms with van der Waals surface area (Å²) in [6.45, 7) is 0.904. The minimum absolute atomic E-state index is 0.253. The van der Waals surface area contributed by atoms with Crippen molar-refractivity contribution in [1.29, 1.82) is 0 Å². The van der Waals surface area contributed by atoms with Crippen LogP contribution in [0.1, 0.15) is 21.8 Å². The zero-order valence-electron chi connectivity index (χ0n) is 12.3. The van der Waals surface area contributed by atoms with Crippen LogP contribution in [0.25, 0.3) is 0 Å². The highest BCUT2D eigenvalue weighted by atomic mass is 16.3. The molecule has 0 saturated heterocycles. The molecule has 0 aliphatic heterocycles. The van der Waals surface area contributed by atoms with E-state index < -0.39 is 0 Å². The number of hydrogen-bond donors (Lipinski definition) is 2. The second kappa shape index (κ2) is 7.17. The van der Waals surface area contributed by atoms with Crippen LogP contribution >= 0.6 is 0 Å². The summed E-state index contributed by atoms with van der Waals surface area (Å²) >= 11 is 0. The second-order valence-electron chi connectivity index (χ2n) is 4.78. The van der Waals surface area contributed by atoms with Gasteiger partial charge in [-0.05, 0) is 35.9 Å². The van der Waals surface area contributed by atoms with Crippen molar-refractivity contribution < 1.29 is 9.21 Å². The first-order chi connectivity index (χ1) is 11.3. The Morgan fingerprint density at radius 2 is 2.04 bits per heavy atom. The fourth-order valence-electron chi connectivity index (χ4n) is 1.91. The minimum Gasteiger partial charge on any atom is -0.467 e. The molecule has 3 aromatic rings. The van der Waals surface area contributed by atoms with Crippen molar-refractivity contribution in [3.8, 4) is 0 Å². The Balaban J connectivity index is 1.53. The molecular formula is C16H15N5O2. The van der Waals surface area contributed by atoms with Crippen LogP contribution in [0, 0.1) is 0 Å². The summed E-state index contributed by atoms with van der Waals surface area (Å²) in [6, 6.07) is 10.7. The van der Waals surface area contributed by atoms with Gasteiger partial charge in [-0.2, -0.15) is 0 Å². The maximum Gasteiger partial charge on any atom is 0.272 e. The lowest BCUT2D eigenvalue weighted by atomic mass is 10.3. The first-order valence-corrected chi connectivity index (χ1v) is 7.08. The smallest absolute Gasteiger partial charge is 0.272 e. The third kappa shape index (κ3) is 4.13. The maximum absolute atomic E-state index is 11.9. The summed E-state index contributed by atoms with van der Waals surface area (Å²) in [7, 11) is 0. The Morgan fingerprint density at radius 3 is 2.74 bits per heavy atom.